The zero-order valence-corrected chi connectivity index (χ0v) is 13.1. The number of aryl methyl sites for hydroxylation is 3. The predicted octanol–water partition coefficient (Wildman–Crippen LogP) is 4.10. The fourth-order valence-electron chi connectivity index (χ4n) is 3.68. The van der Waals surface area contributed by atoms with Gasteiger partial charge in [0.15, 0.2) is 6.10 Å². The predicted molar refractivity (Wildman–Crippen MR) is 86.4 cm³/mol. The smallest absolute Gasteiger partial charge is 0.167 e. The maximum absolute atomic E-state index is 5.93. The van der Waals surface area contributed by atoms with E-state index in [0.29, 0.717) is 6.61 Å². The second-order valence-corrected chi connectivity index (χ2v) is 6.23. The number of nitrogens with zero attached hydrogens (tertiary/aromatic N) is 1. The number of benzene rings is 2. The van der Waals surface area contributed by atoms with Crippen LogP contribution in [0.1, 0.15) is 33.9 Å². The van der Waals surface area contributed by atoms with Gasteiger partial charge in [0.25, 0.3) is 0 Å². The molecule has 0 aliphatic carbocycles. The van der Waals surface area contributed by atoms with Crippen molar-refractivity contribution in [2.75, 3.05) is 6.61 Å². The number of para-hydroxylation sites is 1. The van der Waals surface area contributed by atoms with Crippen molar-refractivity contribution in [1.82, 2.24) is 0 Å². The van der Waals surface area contributed by atoms with Crippen LogP contribution in [0, 0.1) is 26.7 Å². The monoisotopic (exact) mass is 293 g/mol. The zero-order chi connectivity index (χ0) is 15.3. The van der Waals surface area contributed by atoms with E-state index in [1.807, 2.05) is 18.2 Å². The third-order valence-corrected chi connectivity index (χ3v) is 4.56. The molecule has 0 radical (unpaired) electrons. The Morgan fingerprint density at radius 2 is 1.77 bits per heavy atom. The minimum Gasteiger partial charge on any atom is -0.492 e. The molecule has 2 aromatic carbocycles. The third kappa shape index (κ3) is 1.92. The number of fused-ring (bicyclic) bond motifs is 3. The molecule has 2 aromatic rings. The zero-order valence-electron chi connectivity index (χ0n) is 13.1. The van der Waals surface area contributed by atoms with Gasteiger partial charge in [-0.15, -0.1) is 0 Å². The second kappa shape index (κ2) is 4.87. The van der Waals surface area contributed by atoms with Crippen LogP contribution in [0.4, 0.5) is 0 Å². The van der Waals surface area contributed by atoms with Crippen molar-refractivity contribution >= 4 is 5.71 Å². The number of hydrogen-bond donors (Lipinski definition) is 0. The highest BCUT2D eigenvalue weighted by molar-refractivity contribution is 6.05. The van der Waals surface area contributed by atoms with Crippen LogP contribution < -0.4 is 4.74 Å². The van der Waals surface area contributed by atoms with E-state index in [1.54, 1.807) is 0 Å². The third-order valence-electron chi connectivity index (χ3n) is 4.56. The molecule has 3 heteroatoms. The Morgan fingerprint density at radius 3 is 2.55 bits per heavy atom. The van der Waals surface area contributed by atoms with Gasteiger partial charge in [-0.2, -0.15) is 0 Å². The van der Waals surface area contributed by atoms with Gasteiger partial charge in [-0.1, -0.05) is 41.1 Å². The molecule has 0 spiro atoms. The summed E-state index contributed by atoms with van der Waals surface area (Å²) in [4.78, 5) is 5.80. The summed E-state index contributed by atoms with van der Waals surface area (Å²) >= 11 is 0. The molecule has 0 amide bonds. The molecule has 4 rings (SSSR count). The first kappa shape index (κ1) is 13.4. The number of oxime groups is 1. The van der Waals surface area contributed by atoms with E-state index in [0.717, 1.165) is 17.0 Å². The number of ether oxygens (including phenoxy) is 1. The highest BCUT2D eigenvalue weighted by Gasteiger charge is 2.41. The fourth-order valence-corrected chi connectivity index (χ4v) is 3.68. The lowest BCUT2D eigenvalue weighted by Crippen LogP contribution is -2.30. The van der Waals surface area contributed by atoms with Gasteiger partial charge in [-0.3, -0.25) is 0 Å². The SMILES string of the molecule is Cc1cc(C)c(C2=NO[C@@H]3c4ccccc4OC[C@@H]23)c(C)c1. The first-order valence-corrected chi connectivity index (χ1v) is 7.69. The molecule has 3 nitrogen and oxygen atoms in total. The Bertz CT molecular complexity index is 756. The van der Waals surface area contributed by atoms with Gasteiger partial charge in [-0.25, -0.2) is 0 Å². The normalized spacial score (nSPS) is 22.2. The highest BCUT2D eigenvalue weighted by atomic mass is 16.6. The van der Waals surface area contributed by atoms with Crippen LogP contribution >= 0.6 is 0 Å². The Balaban J connectivity index is 1.76. The largest absolute Gasteiger partial charge is 0.492 e. The van der Waals surface area contributed by atoms with Crippen molar-refractivity contribution in [1.29, 1.82) is 0 Å². The summed E-state index contributed by atoms with van der Waals surface area (Å²) in [6, 6.07) is 12.5. The van der Waals surface area contributed by atoms with Crippen molar-refractivity contribution in [2.24, 2.45) is 11.1 Å². The molecule has 0 fully saturated rings. The second-order valence-electron chi connectivity index (χ2n) is 6.23. The van der Waals surface area contributed by atoms with Crippen LogP contribution in [-0.4, -0.2) is 12.3 Å². The lowest BCUT2D eigenvalue weighted by atomic mass is 9.84. The molecule has 0 N–H and O–H groups in total. The Labute approximate surface area is 130 Å². The molecule has 112 valence electrons. The van der Waals surface area contributed by atoms with Crippen LogP contribution in [-0.2, 0) is 4.84 Å². The van der Waals surface area contributed by atoms with Crippen molar-refractivity contribution in [3.05, 3.63) is 64.2 Å². The molecule has 2 aliphatic heterocycles. The quantitative estimate of drug-likeness (QED) is 0.792. The molecule has 0 saturated heterocycles. The summed E-state index contributed by atoms with van der Waals surface area (Å²) in [5.41, 5.74) is 7.11. The molecule has 22 heavy (non-hydrogen) atoms. The van der Waals surface area contributed by atoms with E-state index in [-0.39, 0.29) is 12.0 Å². The summed E-state index contributed by atoms with van der Waals surface area (Å²) in [5, 5.41) is 4.44. The molecule has 0 unspecified atom stereocenters. The van der Waals surface area contributed by atoms with E-state index < -0.39 is 0 Å². The maximum Gasteiger partial charge on any atom is 0.167 e. The summed E-state index contributed by atoms with van der Waals surface area (Å²) in [6.07, 6.45) is -0.0277. The first-order valence-electron chi connectivity index (χ1n) is 7.69. The summed E-state index contributed by atoms with van der Waals surface area (Å²) < 4.78 is 5.93. The van der Waals surface area contributed by atoms with E-state index >= 15 is 0 Å². The maximum atomic E-state index is 5.93. The molecule has 2 aliphatic rings. The minimum atomic E-state index is -0.0277. The standard InChI is InChI=1S/C19H19NO2/c1-11-8-12(2)17(13(3)9-11)18-15-10-21-16-7-5-4-6-14(16)19(15)22-20-18/h4-9,15,19H,10H2,1-3H3/t15-,19+/m0/s1. The molecular formula is C19H19NO2. The Morgan fingerprint density at radius 1 is 1.05 bits per heavy atom. The van der Waals surface area contributed by atoms with Gasteiger partial charge >= 0.3 is 0 Å². The lowest BCUT2D eigenvalue weighted by Gasteiger charge is -2.27. The number of hydrogen-bond acceptors (Lipinski definition) is 3. The minimum absolute atomic E-state index is 0.0277. The van der Waals surface area contributed by atoms with E-state index in [4.69, 9.17) is 9.57 Å². The number of rotatable bonds is 1. The van der Waals surface area contributed by atoms with Crippen LogP contribution in [0.3, 0.4) is 0 Å². The van der Waals surface area contributed by atoms with Gasteiger partial charge in [-0.05, 0) is 38.0 Å². The highest BCUT2D eigenvalue weighted by Crippen LogP contribution is 2.43. The van der Waals surface area contributed by atoms with Crippen molar-refractivity contribution < 1.29 is 9.57 Å². The molecule has 2 heterocycles. The molecule has 0 bridgehead atoms. The van der Waals surface area contributed by atoms with Gasteiger partial charge in [0.1, 0.15) is 12.4 Å². The summed E-state index contributed by atoms with van der Waals surface area (Å²) in [7, 11) is 0. The van der Waals surface area contributed by atoms with Crippen LogP contribution in [0.15, 0.2) is 41.6 Å². The Hall–Kier alpha value is -2.29. The van der Waals surface area contributed by atoms with Crippen molar-refractivity contribution in [3.8, 4) is 5.75 Å². The summed E-state index contributed by atoms with van der Waals surface area (Å²) in [5.74, 6) is 1.08. The Kier molecular flexibility index (Phi) is 2.96. The van der Waals surface area contributed by atoms with E-state index in [9.17, 15) is 0 Å². The fraction of sp³-hybridized carbons (Fsp3) is 0.316. The van der Waals surface area contributed by atoms with Gasteiger partial charge in [0.2, 0.25) is 0 Å². The average Bonchev–Trinajstić information content (AvgIpc) is 2.90. The van der Waals surface area contributed by atoms with Gasteiger partial charge in [0.05, 0.1) is 11.6 Å². The van der Waals surface area contributed by atoms with E-state index in [1.165, 1.54) is 22.3 Å². The van der Waals surface area contributed by atoms with Crippen molar-refractivity contribution in [3.63, 3.8) is 0 Å². The molecule has 0 aromatic heterocycles. The molecular weight excluding hydrogens is 274 g/mol. The first-order chi connectivity index (χ1) is 10.6. The van der Waals surface area contributed by atoms with Crippen LogP contribution in [0.2, 0.25) is 0 Å². The summed E-state index contributed by atoms with van der Waals surface area (Å²) in [6.45, 7) is 7.03. The van der Waals surface area contributed by atoms with Crippen LogP contribution in [0.5, 0.6) is 5.75 Å². The lowest BCUT2D eigenvalue weighted by molar-refractivity contribution is 0.0331. The topological polar surface area (TPSA) is 30.8 Å². The average molecular weight is 293 g/mol. The van der Waals surface area contributed by atoms with E-state index in [2.05, 4.69) is 44.1 Å². The van der Waals surface area contributed by atoms with Crippen LogP contribution in [0.25, 0.3) is 0 Å². The van der Waals surface area contributed by atoms with Gasteiger partial charge < -0.3 is 9.57 Å². The van der Waals surface area contributed by atoms with Crippen molar-refractivity contribution in [2.45, 2.75) is 26.9 Å². The molecule has 2 atom stereocenters. The molecule has 0 saturated carbocycles. The van der Waals surface area contributed by atoms with Gasteiger partial charge in [0, 0.05) is 11.1 Å².